The number of amides is 1. The Labute approximate surface area is 254 Å². The minimum Gasteiger partial charge on any atom is -0.502 e. The Morgan fingerprint density at radius 3 is 2.20 bits per heavy atom. The van der Waals surface area contributed by atoms with Crippen molar-refractivity contribution in [1.82, 2.24) is 4.90 Å². The first-order valence-corrected chi connectivity index (χ1v) is 14.5. The van der Waals surface area contributed by atoms with Crippen molar-refractivity contribution in [3.8, 4) is 23.0 Å². The number of phenolic OH excluding ortho intramolecular Hbond substituents is 1. The fraction of sp³-hybridized carbons (Fsp3) is 0.400. The zero-order valence-corrected chi connectivity index (χ0v) is 25.0. The summed E-state index contributed by atoms with van der Waals surface area (Å²) < 4.78 is 46.6. The highest BCUT2D eigenvalue weighted by atomic mass is 32.1. The van der Waals surface area contributed by atoms with Crippen molar-refractivity contribution < 1.29 is 57.5 Å². The Morgan fingerprint density at radius 1 is 0.932 bits per heavy atom. The number of nitrogens with zero attached hydrogens (tertiary/aromatic N) is 1. The predicted molar refractivity (Wildman–Crippen MR) is 153 cm³/mol. The van der Waals surface area contributed by atoms with E-state index in [0.29, 0.717) is 10.9 Å². The topological polar surface area (TPSA) is 160 Å². The van der Waals surface area contributed by atoms with E-state index in [1.54, 1.807) is 6.07 Å². The molecule has 0 saturated carbocycles. The third-order valence-corrected chi connectivity index (χ3v) is 8.41. The third kappa shape index (κ3) is 6.85. The predicted octanol–water partition coefficient (Wildman–Crippen LogP) is 4.99. The first-order chi connectivity index (χ1) is 20.8. The molecule has 2 aromatic carbocycles. The highest BCUT2D eigenvalue weighted by Crippen LogP contribution is 2.41. The minimum atomic E-state index is -1.12. The van der Waals surface area contributed by atoms with Gasteiger partial charge in [0.1, 0.15) is 0 Å². The van der Waals surface area contributed by atoms with Gasteiger partial charge in [0.05, 0.1) is 41.7 Å². The molecule has 2 heterocycles. The van der Waals surface area contributed by atoms with Crippen molar-refractivity contribution in [2.24, 2.45) is 11.8 Å². The summed E-state index contributed by atoms with van der Waals surface area (Å²) in [5, 5.41) is 28.7. The second-order valence-electron chi connectivity index (χ2n) is 10.5. The second kappa shape index (κ2) is 13.5. The van der Waals surface area contributed by atoms with Gasteiger partial charge in [-0.1, -0.05) is 13.8 Å². The Bertz CT molecular complexity index is 1620. The molecule has 11 nitrogen and oxygen atoms in total. The molecule has 3 aromatic rings. The molecule has 2 unspecified atom stereocenters. The van der Waals surface area contributed by atoms with Crippen molar-refractivity contribution in [2.75, 3.05) is 20.3 Å². The summed E-state index contributed by atoms with van der Waals surface area (Å²) in [6, 6.07) is 4.37. The number of hydrogen-bond donors (Lipinski definition) is 3. The Morgan fingerprint density at radius 2 is 1.57 bits per heavy atom. The van der Waals surface area contributed by atoms with Gasteiger partial charge in [-0.15, -0.1) is 11.3 Å². The van der Waals surface area contributed by atoms with Gasteiger partial charge in [0.25, 0.3) is 0 Å². The SMILES string of the molecule is COc1c(OCCCOc2cc3cc(C(=O)CC(C)C(=O)O)sc3c(F)c2O)cc2c(c1F)CN(C(=O)CC(C)C(=O)O)C2. The van der Waals surface area contributed by atoms with Crippen LogP contribution in [-0.4, -0.2) is 64.2 Å². The van der Waals surface area contributed by atoms with Gasteiger partial charge < -0.3 is 34.4 Å². The Kier molecular flexibility index (Phi) is 9.92. The summed E-state index contributed by atoms with van der Waals surface area (Å²) in [5.74, 6) is -7.46. The number of carbonyl (C=O) groups is 4. The molecule has 44 heavy (non-hydrogen) atoms. The summed E-state index contributed by atoms with van der Waals surface area (Å²) >= 11 is 0.815. The number of hydrogen-bond acceptors (Lipinski definition) is 9. The van der Waals surface area contributed by atoms with Crippen molar-refractivity contribution in [3.63, 3.8) is 0 Å². The highest BCUT2D eigenvalue weighted by Gasteiger charge is 2.31. The second-order valence-corrected chi connectivity index (χ2v) is 11.6. The van der Waals surface area contributed by atoms with E-state index in [9.17, 15) is 28.7 Å². The summed E-state index contributed by atoms with van der Waals surface area (Å²) in [6.45, 7) is 2.88. The molecular formula is C30H31F2NO10S. The number of ether oxygens (including phenoxy) is 3. The van der Waals surface area contributed by atoms with Crippen LogP contribution in [0.4, 0.5) is 8.78 Å². The molecule has 14 heteroatoms. The molecule has 1 aromatic heterocycles. The zero-order chi connectivity index (χ0) is 32.3. The number of benzene rings is 2. The standard InChI is InChI=1S/C30H31F2NO10S/c1-14(29(37)38)7-19(34)22-11-16-9-20(26(36)25(32)28(16)44-22)42-5-4-6-43-21-10-17-12-33(23(35)8-15(2)30(39)40)13-18(17)24(31)27(21)41-3/h9-11,14-15,36H,4-8,12-13H2,1-3H3,(H,37,38)(H,39,40). The number of fused-ring (bicyclic) bond motifs is 2. The van der Waals surface area contributed by atoms with Crippen LogP contribution in [0.5, 0.6) is 23.0 Å². The molecule has 1 aliphatic heterocycles. The van der Waals surface area contributed by atoms with Crippen LogP contribution < -0.4 is 14.2 Å². The number of methoxy groups -OCH3 is 1. The van der Waals surface area contributed by atoms with E-state index in [2.05, 4.69) is 0 Å². The van der Waals surface area contributed by atoms with Crippen LogP contribution in [0.15, 0.2) is 18.2 Å². The molecule has 0 spiro atoms. The van der Waals surface area contributed by atoms with Gasteiger partial charge in [-0.3, -0.25) is 19.2 Å². The maximum Gasteiger partial charge on any atom is 0.306 e. The number of carboxylic acids is 2. The first-order valence-electron chi connectivity index (χ1n) is 13.7. The monoisotopic (exact) mass is 635 g/mol. The molecule has 0 aliphatic carbocycles. The van der Waals surface area contributed by atoms with E-state index in [0.717, 1.165) is 11.3 Å². The van der Waals surface area contributed by atoms with Crippen molar-refractivity contribution in [2.45, 2.75) is 46.2 Å². The van der Waals surface area contributed by atoms with Gasteiger partial charge in [-0.2, -0.15) is 0 Å². The van der Waals surface area contributed by atoms with E-state index >= 15 is 4.39 Å². The number of Topliss-reactive ketones (excluding diaryl/α,β-unsaturated/α-hetero) is 1. The molecule has 1 amide bonds. The van der Waals surface area contributed by atoms with Gasteiger partial charge in [-0.05, 0) is 23.8 Å². The van der Waals surface area contributed by atoms with Crippen LogP contribution in [-0.2, 0) is 27.5 Å². The van der Waals surface area contributed by atoms with Gasteiger partial charge >= 0.3 is 11.9 Å². The smallest absolute Gasteiger partial charge is 0.306 e. The molecule has 0 saturated heterocycles. The molecule has 4 rings (SSSR count). The quantitative estimate of drug-likeness (QED) is 0.163. The fourth-order valence-electron chi connectivity index (χ4n) is 4.66. The lowest BCUT2D eigenvalue weighted by molar-refractivity contribution is -0.145. The number of ketones is 1. The number of carboxylic acid groups (broad SMARTS) is 2. The normalized spacial score (nSPS) is 13.8. The third-order valence-electron chi connectivity index (χ3n) is 7.23. The fourth-order valence-corrected chi connectivity index (χ4v) is 5.68. The van der Waals surface area contributed by atoms with E-state index in [4.69, 9.17) is 24.4 Å². The van der Waals surface area contributed by atoms with E-state index < -0.39 is 52.8 Å². The number of aromatic hydroxyl groups is 1. The molecule has 1 aliphatic rings. The van der Waals surface area contributed by atoms with Gasteiger partial charge in [0, 0.05) is 43.3 Å². The molecule has 2 atom stereocenters. The number of phenols is 1. The number of thiophene rings is 1. The number of carbonyl (C=O) groups excluding carboxylic acids is 2. The van der Waals surface area contributed by atoms with Crippen molar-refractivity contribution in [3.05, 3.63) is 45.8 Å². The summed E-state index contributed by atoms with van der Waals surface area (Å²) in [7, 11) is 1.27. The van der Waals surface area contributed by atoms with E-state index in [-0.39, 0.29) is 78.0 Å². The Hall–Kier alpha value is -4.46. The van der Waals surface area contributed by atoms with Crippen LogP contribution in [0.25, 0.3) is 10.1 Å². The average molecular weight is 636 g/mol. The van der Waals surface area contributed by atoms with Crippen LogP contribution in [0.3, 0.4) is 0 Å². The molecule has 0 bridgehead atoms. The Balaban J connectivity index is 1.37. The average Bonchev–Trinajstić information content (AvgIpc) is 3.60. The van der Waals surface area contributed by atoms with Gasteiger partial charge in [0.2, 0.25) is 5.91 Å². The van der Waals surface area contributed by atoms with Crippen LogP contribution in [0, 0.1) is 23.5 Å². The molecule has 3 N–H and O–H groups in total. The summed E-state index contributed by atoms with van der Waals surface area (Å²) in [5.41, 5.74) is 0.766. The maximum atomic E-state index is 15.2. The number of halogens is 2. The highest BCUT2D eigenvalue weighted by molar-refractivity contribution is 7.20. The largest absolute Gasteiger partial charge is 0.502 e. The lowest BCUT2D eigenvalue weighted by Crippen LogP contribution is -2.28. The van der Waals surface area contributed by atoms with Crippen LogP contribution in [0.1, 0.15) is 53.9 Å². The van der Waals surface area contributed by atoms with Crippen LogP contribution in [0.2, 0.25) is 0 Å². The lowest BCUT2D eigenvalue weighted by atomic mass is 10.0. The molecule has 0 radical (unpaired) electrons. The lowest BCUT2D eigenvalue weighted by Gasteiger charge is -2.16. The molecule has 0 fully saturated rings. The van der Waals surface area contributed by atoms with Gasteiger partial charge in [-0.25, -0.2) is 8.78 Å². The summed E-state index contributed by atoms with van der Waals surface area (Å²) in [6.07, 6.45) is -0.227. The number of rotatable bonds is 14. The van der Waals surface area contributed by atoms with Crippen molar-refractivity contribution >= 4 is 45.1 Å². The van der Waals surface area contributed by atoms with E-state index in [1.165, 1.54) is 38.0 Å². The van der Waals surface area contributed by atoms with Crippen LogP contribution >= 0.6 is 11.3 Å². The van der Waals surface area contributed by atoms with E-state index in [1.807, 2.05) is 0 Å². The maximum absolute atomic E-state index is 15.2. The van der Waals surface area contributed by atoms with Gasteiger partial charge in [0.15, 0.2) is 40.4 Å². The first kappa shape index (κ1) is 32.5. The summed E-state index contributed by atoms with van der Waals surface area (Å²) in [4.78, 5) is 48.7. The van der Waals surface area contributed by atoms with Crippen molar-refractivity contribution in [1.29, 1.82) is 0 Å². The zero-order valence-electron chi connectivity index (χ0n) is 24.1. The molecular weight excluding hydrogens is 604 g/mol. The molecule has 236 valence electrons. The minimum absolute atomic E-state index is 0.0235. The number of aliphatic carboxylic acids is 2.